The van der Waals surface area contributed by atoms with E-state index in [1.54, 1.807) is 19.5 Å². The standard InChI is InChI=1S/C19H22N6O/c1-26-15-8-17(25(12-15)11-13-4-6-22-18(20)7-13)19-23-10-16(24-19)14-3-2-5-21-9-14/h2-7,9-10,15,17H,8,11-12H2,1H3,(H2,20,22)(H,23,24)/t15-,17+/m1/s1. The molecule has 0 aromatic carbocycles. The van der Waals surface area contributed by atoms with Crippen molar-refractivity contribution >= 4 is 5.82 Å². The van der Waals surface area contributed by atoms with Crippen LogP contribution in [0, 0.1) is 0 Å². The number of aromatic amines is 1. The van der Waals surface area contributed by atoms with Crippen molar-refractivity contribution in [3.8, 4) is 11.3 Å². The largest absolute Gasteiger partial charge is 0.384 e. The lowest BCUT2D eigenvalue weighted by Gasteiger charge is -2.22. The molecule has 0 bridgehead atoms. The highest BCUT2D eigenvalue weighted by molar-refractivity contribution is 5.56. The molecule has 0 spiro atoms. The highest BCUT2D eigenvalue weighted by Gasteiger charge is 2.35. The Morgan fingerprint density at radius 1 is 1.27 bits per heavy atom. The van der Waals surface area contributed by atoms with Crippen LogP contribution in [0.4, 0.5) is 5.82 Å². The topological polar surface area (TPSA) is 93.0 Å². The third kappa shape index (κ3) is 3.44. The van der Waals surface area contributed by atoms with Crippen molar-refractivity contribution in [3.05, 3.63) is 60.4 Å². The monoisotopic (exact) mass is 350 g/mol. The molecule has 3 aromatic rings. The van der Waals surface area contributed by atoms with Gasteiger partial charge in [0.25, 0.3) is 0 Å². The zero-order chi connectivity index (χ0) is 17.9. The molecular formula is C19H22N6O. The predicted molar refractivity (Wildman–Crippen MR) is 99.0 cm³/mol. The number of imidazole rings is 1. The molecule has 1 fully saturated rings. The van der Waals surface area contributed by atoms with Crippen molar-refractivity contribution in [3.63, 3.8) is 0 Å². The maximum atomic E-state index is 5.82. The van der Waals surface area contributed by atoms with E-state index in [0.717, 1.165) is 42.2 Å². The van der Waals surface area contributed by atoms with E-state index in [9.17, 15) is 0 Å². The van der Waals surface area contributed by atoms with Gasteiger partial charge in [-0.25, -0.2) is 9.97 Å². The van der Waals surface area contributed by atoms with Crippen molar-refractivity contribution in [1.29, 1.82) is 0 Å². The van der Waals surface area contributed by atoms with Crippen molar-refractivity contribution < 1.29 is 4.74 Å². The van der Waals surface area contributed by atoms with Gasteiger partial charge in [0.05, 0.1) is 24.0 Å². The number of pyridine rings is 2. The van der Waals surface area contributed by atoms with Gasteiger partial charge in [-0.1, -0.05) is 0 Å². The fourth-order valence-electron chi connectivity index (χ4n) is 3.49. The molecule has 1 aliphatic rings. The molecule has 0 saturated carbocycles. The van der Waals surface area contributed by atoms with Crippen LogP contribution in [0.5, 0.6) is 0 Å². The van der Waals surface area contributed by atoms with Crippen molar-refractivity contribution in [2.24, 2.45) is 0 Å². The molecule has 3 N–H and O–H groups in total. The van der Waals surface area contributed by atoms with Crippen molar-refractivity contribution in [2.45, 2.75) is 25.1 Å². The summed E-state index contributed by atoms with van der Waals surface area (Å²) in [5.41, 5.74) is 8.96. The highest BCUT2D eigenvalue weighted by atomic mass is 16.5. The Labute approximate surface area is 152 Å². The van der Waals surface area contributed by atoms with Gasteiger partial charge in [-0.3, -0.25) is 9.88 Å². The van der Waals surface area contributed by atoms with Crippen LogP contribution in [-0.4, -0.2) is 44.6 Å². The minimum Gasteiger partial charge on any atom is -0.384 e. The fourth-order valence-corrected chi connectivity index (χ4v) is 3.49. The van der Waals surface area contributed by atoms with Gasteiger partial charge in [0, 0.05) is 44.4 Å². The molecule has 26 heavy (non-hydrogen) atoms. The van der Waals surface area contributed by atoms with Crippen LogP contribution in [-0.2, 0) is 11.3 Å². The van der Waals surface area contributed by atoms with Gasteiger partial charge in [-0.2, -0.15) is 0 Å². The molecule has 1 aliphatic heterocycles. The number of rotatable bonds is 5. The lowest BCUT2D eigenvalue weighted by molar-refractivity contribution is 0.107. The summed E-state index contributed by atoms with van der Waals surface area (Å²) in [6.45, 7) is 1.63. The van der Waals surface area contributed by atoms with Gasteiger partial charge in [-0.05, 0) is 36.2 Å². The van der Waals surface area contributed by atoms with Crippen LogP contribution in [0.1, 0.15) is 23.9 Å². The molecule has 7 nitrogen and oxygen atoms in total. The first-order chi connectivity index (χ1) is 12.7. The average molecular weight is 350 g/mol. The third-order valence-electron chi connectivity index (χ3n) is 4.81. The van der Waals surface area contributed by atoms with Gasteiger partial charge in [0.15, 0.2) is 0 Å². The van der Waals surface area contributed by atoms with E-state index in [1.807, 2.05) is 36.7 Å². The maximum absolute atomic E-state index is 5.82. The van der Waals surface area contributed by atoms with Gasteiger partial charge in [0.2, 0.25) is 0 Å². The lowest BCUT2D eigenvalue weighted by atomic mass is 10.1. The van der Waals surface area contributed by atoms with Gasteiger partial charge >= 0.3 is 0 Å². The van der Waals surface area contributed by atoms with E-state index in [2.05, 4.69) is 24.8 Å². The summed E-state index contributed by atoms with van der Waals surface area (Å²) in [5, 5.41) is 0. The van der Waals surface area contributed by atoms with E-state index in [4.69, 9.17) is 10.5 Å². The molecular weight excluding hydrogens is 328 g/mol. The Kier molecular flexibility index (Phi) is 4.64. The second-order valence-electron chi connectivity index (χ2n) is 6.55. The summed E-state index contributed by atoms with van der Waals surface area (Å²) >= 11 is 0. The summed E-state index contributed by atoms with van der Waals surface area (Å²) in [7, 11) is 1.76. The van der Waals surface area contributed by atoms with Crippen molar-refractivity contribution in [1.82, 2.24) is 24.8 Å². The number of nitrogens with two attached hydrogens (primary N) is 1. The van der Waals surface area contributed by atoms with Crippen molar-refractivity contribution in [2.75, 3.05) is 19.4 Å². The number of aromatic nitrogens is 4. The first-order valence-electron chi connectivity index (χ1n) is 8.65. The molecule has 7 heteroatoms. The molecule has 2 atom stereocenters. The molecule has 0 aliphatic carbocycles. The molecule has 4 heterocycles. The number of methoxy groups -OCH3 is 1. The number of ether oxygens (including phenoxy) is 1. The number of H-pyrrole nitrogens is 1. The summed E-state index contributed by atoms with van der Waals surface area (Å²) < 4.78 is 5.62. The zero-order valence-electron chi connectivity index (χ0n) is 14.7. The van der Waals surface area contributed by atoms with E-state index in [-0.39, 0.29) is 12.1 Å². The molecule has 0 unspecified atom stereocenters. The molecule has 1 saturated heterocycles. The van der Waals surface area contributed by atoms with Crippen LogP contribution in [0.15, 0.2) is 49.1 Å². The average Bonchev–Trinajstić information content (AvgIpc) is 3.29. The first-order valence-corrected chi connectivity index (χ1v) is 8.65. The summed E-state index contributed by atoms with van der Waals surface area (Å²) in [5.74, 6) is 1.49. The first kappa shape index (κ1) is 16.7. The van der Waals surface area contributed by atoms with Crippen LogP contribution in [0.25, 0.3) is 11.3 Å². The Morgan fingerprint density at radius 2 is 2.19 bits per heavy atom. The molecule has 4 rings (SSSR count). The lowest BCUT2D eigenvalue weighted by Crippen LogP contribution is -2.25. The number of likely N-dealkylation sites (tertiary alicyclic amines) is 1. The quantitative estimate of drug-likeness (QED) is 0.734. The minimum absolute atomic E-state index is 0.166. The van der Waals surface area contributed by atoms with E-state index in [0.29, 0.717) is 5.82 Å². The van der Waals surface area contributed by atoms with Crippen LogP contribution in [0.2, 0.25) is 0 Å². The van der Waals surface area contributed by atoms with E-state index >= 15 is 0 Å². The Bertz CT molecular complexity index is 865. The normalized spacial score (nSPS) is 20.5. The molecule has 134 valence electrons. The SMILES string of the molecule is CO[C@@H]1C[C@@H](c2ncc(-c3cccnc3)[nH]2)N(Cc2ccnc(N)c2)C1. The second kappa shape index (κ2) is 7.23. The second-order valence-corrected chi connectivity index (χ2v) is 6.55. The summed E-state index contributed by atoms with van der Waals surface area (Å²) in [4.78, 5) is 18.7. The number of nitrogens with one attached hydrogen (secondary N) is 1. The van der Waals surface area contributed by atoms with Gasteiger partial charge in [-0.15, -0.1) is 0 Å². The maximum Gasteiger partial charge on any atom is 0.124 e. The van der Waals surface area contributed by atoms with Gasteiger partial charge in [0.1, 0.15) is 11.6 Å². The Hall–Kier alpha value is -2.77. The smallest absolute Gasteiger partial charge is 0.124 e. The van der Waals surface area contributed by atoms with Gasteiger partial charge < -0.3 is 15.5 Å². The summed E-state index contributed by atoms with van der Waals surface area (Å²) in [6.07, 6.45) is 8.30. The Morgan fingerprint density at radius 3 is 2.96 bits per heavy atom. The minimum atomic E-state index is 0.166. The van der Waals surface area contributed by atoms with E-state index in [1.165, 1.54) is 0 Å². The summed E-state index contributed by atoms with van der Waals surface area (Å²) in [6, 6.07) is 8.03. The Balaban J connectivity index is 1.58. The van der Waals surface area contributed by atoms with Crippen LogP contribution >= 0.6 is 0 Å². The third-order valence-corrected chi connectivity index (χ3v) is 4.81. The highest BCUT2D eigenvalue weighted by Crippen LogP contribution is 2.34. The van der Waals surface area contributed by atoms with E-state index < -0.39 is 0 Å². The zero-order valence-corrected chi connectivity index (χ0v) is 14.7. The predicted octanol–water partition coefficient (Wildman–Crippen LogP) is 2.41. The number of anilines is 1. The van der Waals surface area contributed by atoms with Crippen LogP contribution in [0.3, 0.4) is 0 Å². The number of nitrogens with zero attached hydrogens (tertiary/aromatic N) is 4. The molecule has 0 amide bonds. The number of hydrogen-bond donors (Lipinski definition) is 2. The number of hydrogen-bond acceptors (Lipinski definition) is 6. The number of nitrogen functional groups attached to an aromatic ring is 1. The van der Waals surface area contributed by atoms with Crippen LogP contribution < -0.4 is 5.73 Å². The molecule has 0 radical (unpaired) electrons. The molecule has 3 aromatic heterocycles. The fraction of sp³-hybridized carbons (Fsp3) is 0.316.